The Hall–Kier alpha value is -1.92. The lowest BCUT2D eigenvalue weighted by atomic mass is 10.1. The summed E-state index contributed by atoms with van der Waals surface area (Å²) in [5.41, 5.74) is 2.14. The molecule has 5 nitrogen and oxygen atoms in total. The molecule has 0 aliphatic carbocycles. The van der Waals surface area contributed by atoms with E-state index in [-0.39, 0.29) is 12.6 Å². The highest BCUT2D eigenvalue weighted by molar-refractivity contribution is 5.27. The maximum atomic E-state index is 9.96. The van der Waals surface area contributed by atoms with Crippen LogP contribution in [0.1, 0.15) is 11.1 Å². The lowest BCUT2D eigenvalue weighted by Gasteiger charge is -2.23. The predicted octanol–water partition coefficient (Wildman–Crippen LogP) is 1.72. The Labute approximate surface area is 142 Å². The molecule has 0 unspecified atom stereocenters. The minimum atomic E-state index is -0.876. The van der Waals surface area contributed by atoms with E-state index >= 15 is 0 Å². The lowest BCUT2D eigenvalue weighted by molar-refractivity contribution is 0.0132. The molecule has 2 atom stereocenters. The van der Waals surface area contributed by atoms with Gasteiger partial charge in [0.2, 0.25) is 0 Å². The van der Waals surface area contributed by atoms with E-state index in [0.29, 0.717) is 19.8 Å². The average Bonchev–Trinajstić information content (AvgIpc) is 2.65. The molecule has 0 aromatic heterocycles. The SMILES string of the molecule is COc1ccc(CN[C@@H](COCc2ccccc2)[C@H](O)CO)cc1. The number of methoxy groups -OCH3 is 1. The molecule has 0 heterocycles. The fourth-order valence-corrected chi connectivity index (χ4v) is 2.30. The molecule has 0 saturated carbocycles. The minimum Gasteiger partial charge on any atom is -0.497 e. The molecule has 0 amide bonds. The second-order valence-electron chi connectivity index (χ2n) is 5.59. The highest BCUT2D eigenvalue weighted by Crippen LogP contribution is 2.11. The monoisotopic (exact) mass is 331 g/mol. The first-order valence-electron chi connectivity index (χ1n) is 8.00. The molecule has 0 spiro atoms. The Kier molecular flexibility index (Phi) is 7.71. The van der Waals surface area contributed by atoms with Gasteiger partial charge in [-0.1, -0.05) is 42.5 Å². The molecule has 2 aromatic rings. The van der Waals surface area contributed by atoms with Gasteiger partial charge in [0, 0.05) is 6.54 Å². The van der Waals surface area contributed by atoms with E-state index in [1.165, 1.54) is 0 Å². The van der Waals surface area contributed by atoms with E-state index in [2.05, 4.69) is 5.32 Å². The maximum absolute atomic E-state index is 9.96. The van der Waals surface area contributed by atoms with Crippen molar-refractivity contribution in [2.45, 2.75) is 25.3 Å². The molecule has 2 aromatic carbocycles. The van der Waals surface area contributed by atoms with Crippen molar-refractivity contribution >= 4 is 0 Å². The van der Waals surface area contributed by atoms with Crippen molar-refractivity contribution in [2.24, 2.45) is 0 Å². The van der Waals surface area contributed by atoms with Gasteiger partial charge in [-0.25, -0.2) is 0 Å². The zero-order valence-corrected chi connectivity index (χ0v) is 13.9. The van der Waals surface area contributed by atoms with Gasteiger partial charge in [-0.2, -0.15) is 0 Å². The summed E-state index contributed by atoms with van der Waals surface area (Å²) in [7, 11) is 1.63. The van der Waals surface area contributed by atoms with E-state index in [1.54, 1.807) is 7.11 Å². The number of hydrogen-bond donors (Lipinski definition) is 3. The molecule has 0 aliphatic rings. The standard InChI is InChI=1S/C19H25NO4/c1-23-17-9-7-15(8-10-17)11-20-18(19(22)12-21)14-24-13-16-5-3-2-4-6-16/h2-10,18-22H,11-14H2,1H3/t18-,19+/m0/s1. The van der Waals surface area contributed by atoms with Crippen LogP contribution in [0.15, 0.2) is 54.6 Å². The Bertz CT molecular complexity index is 574. The number of aliphatic hydroxyl groups is 2. The van der Waals surface area contributed by atoms with E-state index in [1.807, 2.05) is 54.6 Å². The maximum Gasteiger partial charge on any atom is 0.118 e. The van der Waals surface area contributed by atoms with Gasteiger partial charge in [0.15, 0.2) is 0 Å². The molecule has 0 saturated heterocycles. The van der Waals surface area contributed by atoms with Gasteiger partial charge in [-0.05, 0) is 23.3 Å². The Morgan fingerprint density at radius 1 is 1.00 bits per heavy atom. The van der Waals surface area contributed by atoms with Gasteiger partial charge in [-0.15, -0.1) is 0 Å². The van der Waals surface area contributed by atoms with Crippen molar-refractivity contribution in [3.63, 3.8) is 0 Å². The summed E-state index contributed by atoms with van der Waals surface area (Å²) in [6.45, 7) is 1.04. The Morgan fingerprint density at radius 2 is 1.71 bits per heavy atom. The minimum absolute atomic E-state index is 0.311. The fraction of sp³-hybridized carbons (Fsp3) is 0.368. The van der Waals surface area contributed by atoms with Crippen LogP contribution in [0, 0.1) is 0 Å². The number of hydrogen-bond acceptors (Lipinski definition) is 5. The van der Waals surface area contributed by atoms with Crippen LogP contribution >= 0.6 is 0 Å². The van der Waals surface area contributed by atoms with Crippen molar-refractivity contribution < 1.29 is 19.7 Å². The fourth-order valence-electron chi connectivity index (χ4n) is 2.30. The molecule has 0 radical (unpaired) electrons. The molecule has 130 valence electrons. The molecule has 0 aliphatic heterocycles. The molecule has 0 fully saturated rings. The van der Waals surface area contributed by atoms with Crippen molar-refractivity contribution in [2.75, 3.05) is 20.3 Å². The largest absolute Gasteiger partial charge is 0.497 e. The van der Waals surface area contributed by atoms with Crippen LogP contribution in [-0.4, -0.2) is 42.7 Å². The van der Waals surface area contributed by atoms with Crippen LogP contribution in [0.3, 0.4) is 0 Å². The summed E-state index contributed by atoms with van der Waals surface area (Å²) in [6.07, 6.45) is -0.876. The molecular weight excluding hydrogens is 306 g/mol. The highest BCUT2D eigenvalue weighted by Gasteiger charge is 2.18. The van der Waals surface area contributed by atoms with Crippen molar-refractivity contribution in [1.29, 1.82) is 0 Å². The third-order valence-electron chi connectivity index (χ3n) is 3.79. The number of ether oxygens (including phenoxy) is 2. The lowest BCUT2D eigenvalue weighted by Crippen LogP contribution is -2.44. The van der Waals surface area contributed by atoms with Crippen LogP contribution in [0.4, 0.5) is 0 Å². The summed E-state index contributed by atoms with van der Waals surface area (Å²) in [6, 6.07) is 17.2. The molecule has 24 heavy (non-hydrogen) atoms. The quantitative estimate of drug-likeness (QED) is 0.618. The zero-order chi connectivity index (χ0) is 17.2. The van der Waals surface area contributed by atoms with Crippen LogP contribution in [-0.2, 0) is 17.9 Å². The third kappa shape index (κ3) is 5.94. The zero-order valence-electron chi connectivity index (χ0n) is 13.9. The predicted molar refractivity (Wildman–Crippen MR) is 92.8 cm³/mol. The van der Waals surface area contributed by atoms with Gasteiger partial charge in [0.25, 0.3) is 0 Å². The first kappa shape index (κ1) is 18.4. The number of rotatable bonds is 10. The van der Waals surface area contributed by atoms with Crippen LogP contribution in [0.2, 0.25) is 0 Å². The number of benzene rings is 2. The van der Waals surface area contributed by atoms with Crippen molar-refractivity contribution in [3.8, 4) is 5.75 Å². The first-order valence-corrected chi connectivity index (χ1v) is 8.00. The first-order chi connectivity index (χ1) is 11.7. The highest BCUT2D eigenvalue weighted by atomic mass is 16.5. The molecule has 0 bridgehead atoms. The van der Waals surface area contributed by atoms with Crippen LogP contribution in [0.5, 0.6) is 5.75 Å². The molecule has 5 heteroatoms. The summed E-state index contributed by atoms with van der Waals surface area (Å²) >= 11 is 0. The molecule has 2 rings (SSSR count). The summed E-state index contributed by atoms with van der Waals surface area (Å²) in [5.74, 6) is 0.803. The van der Waals surface area contributed by atoms with Crippen molar-refractivity contribution in [3.05, 3.63) is 65.7 Å². The Morgan fingerprint density at radius 3 is 2.33 bits per heavy atom. The van der Waals surface area contributed by atoms with Crippen molar-refractivity contribution in [1.82, 2.24) is 5.32 Å². The second kappa shape index (κ2) is 10.1. The third-order valence-corrected chi connectivity index (χ3v) is 3.79. The molecule has 3 N–H and O–H groups in total. The van der Waals surface area contributed by atoms with Gasteiger partial charge >= 0.3 is 0 Å². The van der Waals surface area contributed by atoms with Crippen LogP contribution in [0.25, 0.3) is 0 Å². The number of aliphatic hydroxyl groups excluding tert-OH is 2. The van der Waals surface area contributed by atoms with E-state index in [0.717, 1.165) is 16.9 Å². The van der Waals surface area contributed by atoms with Gasteiger partial charge in [0.1, 0.15) is 5.75 Å². The summed E-state index contributed by atoms with van der Waals surface area (Å²) in [4.78, 5) is 0. The van der Waals surface area contributed by atoms with Gasteiger partial charge in [-0.3, -0.25) is 0 Å². The second-order valence-corrected chi connectivity index (χ2v) is 5.59. The van der Waals surface area contributed by atoms with Gasteiger partial charge < -0.3 is 25.0 Å². The normalized spacial score (nSPS) is 13.5. The topological polar surface area (TPSA) is 71.0 Å². The van der Waals surface area contributed by atoms with E-state index in [9.17, 15) is 10.2 Å². The molecular formula is C19H25NO4. The van der Waals surface area contributed by atoms with Gasteiger partial charge in [0.05, 0.1) is 39.1 Å². The summed E-state index contributed by atoms with van der Waals surface area (Å²) in [5, 5.41) is 22.4. The van der Waals surface area contributed by atoms with E-state index in [4.69, 9.17) is 9.47 Å². The smallest absolute Gasteiger partial charge is 0.118 e. The van der Waals surface area contributed by atoms with E-state index < -0.39 is 6.10 Å². The van der Waals surface area contributed by atoms with Crippen LogP contribution < -0.4 is 10.1 Å². The average molecular weight is 331 g/mol. The summed E-state index contributed by atoms with van der Waals surface area (Å²) < 4.78 is 10.8. The number of nitrogens with one attached hydrogen (secondary N) is 1. The Balaban J connectivity index is 1.83.